The highest BCUT2D eigenvalue weighted by Crippen LogP contribution is 2.15. The van der Waals surface area contributed by atoms with Gasteiger partial charge in [-0.25, -0.2) is 9.97 Å². The van der Waals surface area contributed by atoms with Gasteiger partial charge in [0.05, 0.1) is 12.4 Å². The molecule has 0 saturated carbocycles. The molecule has 0 atom stereocenters. The molecule has 0 aliphatic carbocycles. The predicted molar refractivity (Wildman–Crippen MR) is 75.0 cm³/mol. The molecule has 1 rings (SSSR count). The molecular formula is C13H23N5. The standard InChI is InChI=1S/C13H23N5/c1-4-10(5-2)9-18(6-3)12-8-16-11(7-17-12)13(14)15/h7-8,10H,4-6,9H2,1-3H3,(H3,14,15). The summed E-state index contributed by atoms with van der Waals surface area (Å²) in [5.41, 5.74) is 5.79. The lowest BCUT2D eigenvalue weighted by Gasteiger charge is -2.26. The quantitative estimate of drug-likeness (QED) is 0.572. The number of nitrogens with zero attached hydrogens (tertiary/aromatic N) is 3. The van der Waals surface area contributed by atoms with Crippen LogP contribution in [0.2, 0.25) is 0 Å². The molecule has 18 heavy (non-hydrogen) atoms. The van der Waals surface area contributed by atoms with Gasteiger partial charge < -0.3 is 10.6 Å². The molecule has 0 radical (unpaired) electrons. The van der Waals surface area contributed by atoms with E-state index in [1.807, 2.05) is 0 Å². The number of anilines is 1. The van der Waals surface area contributed by atoms with Crippen LogP contribution in [0.25, 0.3) is 0 Å². The zero-order valence-electron chi connectivity index (χ0n) is 11.5. The SMILES string of the molecule is CCC(CC)CN(CC)c1cnc(C(=N)N)cn1. The van der Waals surface area contributed by atoms with E-state index in [0.717, 1.165) is 18.9 Å². The maximum Gasteiger partial charge on any atom is 0.147 e. The minimum atomic E-state index is -0.0444. The summed E-state index contributed by atoms with van der Waals surface area (Å²) in [6.07, 6.45) is 5.60. The summed E-state index contributed by atoms with van der Waals surface area (Å²) in [5.74, 6) is 1.49. The molecule has 0 saturated heterocycles. The smallest absolute Gasteiger partial charge is 0.147 e. The third-order valence-electron chi connectivity index (χ3n) is 3.25. The van der Waals surface area contributed by atoms with Crippen molar-refractivity contribution in [2.75, 3.05) is 18.0 Å². The average Bonchev–Trinajstić information content (AvgIpc) is 2.40. The Kier molecular flexibility index (Phi) is 5.55. The molecule has 1 heterocycles. The minimum Gasteiger partial charge on any atom is -0.382 e. The molecule has 0 aromatic carbocycles. The Hall–Kier alpha value is -1.65. The first-order valence-corrected chi connectivity index (χ1v) is 6.53. The van der Waals surface area contributed by atoms with Gasteiger partial charge in [-0.15, -0.1) is 0 Å². The lowest BCUT2D eigenvalue weighted by molar-refractivity contribution is 0.484. The summed E-state index contributed by atoms with van der Waals surface area (Å²) in [6, 6.07) is 0. The number of amidine groups is 1. The molecule has 0 aliphatic heterocycles. The van der Waals surface area contributed by atoms with Gasteiger partial charge in [-0.3, -0.25) is 5.41 Å². The first-order valence-electron chi connectivity index (χ1n) is 6.53. The predicted octanol–water partition coefficient (Wildman–Crippen LogP) is 2.02. The Balaban J connectivity index is 2.78. The molecular weight excluding hydrogens is 226 g/mol. The third-order valence-corrected chi connectivity index (χ3v) is 3.25. The van der Waals surface area contributed by atoms with Crippen molar-refractivity contribution >= 4 is 11.7 Å². The van der Waals surface area contributed by atoms with Crippen LogP contribution in [0.5, 0.6) is 0 Å². The van der Waals surface area contributed by atoms with Crippen molar-refractivity contribution in [1.82, 2.24) is 9.97 Å². The van der Waals surface area contributed by atoms with Crippen molar-refractivity contribution in [1.29, 1.82) is 5.41 Å². The van der Waals surface area contributed by atoms with E-state index in [4.69, 9.17) is 11.1 Å². The van der Waals surface area contributed by atoms with E-state index in [2.05, 4.69) is 35.6 Å². The molecule has 100 valence electrons. The Morgan fingerprint density at radius 1 is 1.28 bits per heavy atom. The fourth-order valence-corrected chi connectivity index (χ4v) is 1.87. The van der Waals surface area contributed by atoms with E-state index in [9.17, 15) is 0 Å². The van der Waals surface area contributed by atoms with E-state index in [0.29, 0.717) is 11.6 Å². The molecule has 3 N–H and O–H groups in total. The first kappa shape index (κ1) is 14.4. The fourth-order valence-electron chi connectivity index (χ4n) is 1.87. The van der Waals surface area contributed by atoms with Gasteiger partial charge in [-0.05, 0) is 12.8 Å². The molecule has 0 aliphatic rings. The van der Waals surface area contributed by atoms with Gasteiger partial charge in [0, 0.05) is 13.1 Å². The zero-order chi connectivity index (χ0) is 13.5. The topological polar surface area (TPSA) is 78.9 Å². The van der Waals surface area contributed by atoms with Crippen molar-refractivity contribution in [3.05, 3.63) is 18.1 Å². The Bertz CT molecular complexity index is 369. The highest BCUT2D eigenvalue weighted by Gasteiger charge is 2.12. The molecule has 0 spiro atoms. The van der Waals surface area contributed by atoms with E-state index >= 15 is 0 Å². The van der Waals surface area contributed by atoms with Crippen LogP contribution in [0.4, 0.5) is 5.82 Å². The van der Waals surface area contributed by atoms with E-state index in [-0.39, 0.29) is 5.84 Å². The summed E-state index contributed by atoms with van der Waals surface area (Å²) >= 11 is 0. The highest BCUT2D eigenvalue weighted by molar-refractivity contribution is 5.92. The average molecular weight is 249 g/mol. The van der Waals surface area contributed by atoms with E-state index in [1.165, 1.54) is 12.8 Å². The summed E-state index contributed by atoms with van der Waals surface area (Å²) in [5, 5.41) is 7.29. The molecule has 1 aromatic rings. The zero-order valence-corrected chi connectivity index (χ0v) is 11.5. The molecule has 0 unspecified atom stereocenters. The van der Waals surface area contributed by atoms with Gasteiger partial charge in [0.25, 0.3) is 0 Å². The largest absolute Gasteiger partial charge is 0.382 e. The van der Waals surface area contributed by atoms with Gasteiger partial charge in [-0.1, -0.05) is 26.7 Å². The number of nitrogens with two attached hydrogens (primary N) is 1. The van der Waals surface area contributed by atoms with Crippen LogP contribution in [-0.2, 0) is 0 Å². The van der Waals surface area contributed by atoms with Crippen molar-refractivity contribution in [3.8, 4) is 0 Å². The number of hydrogen-bond acceptors (Lipinski definition) is 4. The van der Waals surface area contributed by atoms with Crippen LogP contribution in [-0.4, -0.2) is 28.9 Å². The van der Waals surface area contributed by atoms with Crippen molar-refractivity contribution in [2.24, 2.45) is 11.7 Å². The van der Waals surface area contributed by atoms with Crippen molar-refractivity contribution in [2.45, 2.75) is 33.6 Å². The number of nitrogen functional groups attached to an aromatic ring is 1. The lowest BCUT2D eigenvalue weighted by atomic mass is 10.0. The molecule has 0 fully saturated rings. The number of rotatable bonds is 7. The number of aromatic nitrogens is 2. The molecule has 1 aromatic heterocycles. The van der Waals surface area contributed by atoms with E-state index < -0.39 is 0 Å². The second-order valence-corrected chi connectivity index (χ2v) is 4.39. The van der Waals surface area contributed by atoms with Gasteiger partial charge in [0.2, 0.25) is 0 Å². The fraction of sp³-hybridized carbons (Fsp3) is 0.615. The normalized spacial score (nSPS) is 10.7. The maximum atomic E-state index is 7.29. The first-order chi connectivity index (χ1) is 8.62. The third kappa shape index (κ3) is 3.68. The van der Waals surface area contributed by atoms with Crippen LogP contribution in [0.3, 0.4) is 0 Å². The van der Waals surface area contributed by atoms with Crippen LogP contribution >= 0.6 is 0 Å². The monoisotopic (exact) mass is 249 g/mol. The second-order valence-electron chi connectivity index (χ2n) is 4.39. The summed E-state index contributed by atoms with van der Waals surface area (Å²) in [7, 11) is 0. The minimum absolute atomic E-state index is 0.0444. The van der Waals surface area contributed by atoms with E-state index in [1.54, 1.807) is 12.4 Å². The van der Waals surface area contributed by atoms with Crippen LogP contribution in [0.15, 0.2) is 12.4 Å². The Morgan fingerprint density at radius 3 is 2.33 bits per heavy atom. The summed E-state index contributed by atoms with van der Waals surface area (Å²) < 4.78 is 0. The molecule has 0 amide bonds. The molecule has 5 nitrogen and oxygen atoms in total. The second kappa shape index (κ2) is 6.93. The maximum absolute atomic E-state index is 7.29. The number of nitrogens with one attached hydrogen (secondary N) is 1. The molecule has 0 bridgehead atoms. The highest BCUT2D eigenvalue weighted by atomic mass is 15.2. The van der Waals surface area contributed by atoms with Gasteiger partial charge >= 0.3 is 0 Å². The van der Waals surface area contributed by atoms with Crippen LogP contribution in [0, 0.1) is 11.3 Å². The molecule has 5 heteroatoms. The summed E-state index contributed by atoms with van der Waals surface area (Å²) in [4.78, 5) is 10.7. The van der Waals surface area contributed by atoms with Crippen molar-refractivity contribution in [3.63, 3.8) is 0 Å². The van der Waals surface area contributed by atoms with Gasteiger partial charge in [0.1, 0.15) is 17.3 Å². The van der Waals surface area contributed by atoms with Crippen LogP contribution < -0.4 is 10.6 Å². The van der Waals surface area contributed by atoms with Gasteiger partial charge in [-0.2, -0.15) is 0 Å². The Morgan fingerprint density at radius 2 is 1.94 bits per heavy atom. The summed E-state index contributed by atoms with van der Waals surface area (Å²) in [6.45, 7) is 8.45. The van der Waals surface area contributed by atoms with Crippen LogP contribution in [0.1, 0.15) is 39.3 Å². The Labute approximate surface area is 109 Å². The van der Waals surface area contributed by atoms with Crippen molar-refractivity contribution < 1.29 is 0 Å². The lowest BCUT2D eigenvalue weighted by Crippen LogP contribution is -2.30. The number of hydrogen-bond donors (Lipinski definition) is 2. The van der Waals surface area contributed by atoms with Gasteiger partial charge in [0.15, 0.2) is 0 Å².